The monoisotopic (exact) mass is 273 g/mol. The van der Waals surface area contributed by atoms with E-state index in [-0.39, 0.29) is 6.61 Å². The molecule has 0 spiro atoms. The van der Waals surface area contributed by atoms with Crippen molar-refractivity contribution in [3.63, 3.8) is 0 Å². The summed E-state index contributed by atoms with van der Waals surface area (Å²) in [6.45, 7) is 1.92. The molecule has 2 rings (SSSR count). The lowest BCUT2D eigenvalue weighted by Crippen LogP contribution is -2.15. The van der Waals surface area contributed by atoms with E-state index in [0.29, 0.717) is 12.3 Å². The molecule has 0 aliphatic carbocycles. The molecular weight excluding hydrogens is 250 g/mol. The number of phenols is 1. The highest BCUT2D eigenvalue weighted by atomic mass is 16.3. The van der Waals surface area contributed by atoms with Crippen molar-refractivity contribution in [3.8, 4) is 5.75 Å². The number of phenolic OH excluding ortho intramolecular Hbond substituents is 1. The summed E-state index contributed by atoms with van der Waals surface area (Å²) >= 11 is 0. The predicted molar refractivity (Wildman–Crippen MR) is 82.9 cm³/mol. The average molecular weight is 273 g/mol. The van der Waals surface area contributed by atoms with Gasteiger partial charge in [-0.05, 0) is 36.2 Å². The van der Waals surface area contributed by atoms with Crippen molar-refractivity contribution in [1.82, 2.24) is 5.32 Å². The number of aromatic hydroxyl groups is 1. The summed E-state index contributed by atoms with van der Waals surface area (Å²) in [6.07, 6.45) is 4.21. The molecule has 0 aliphatic heterocycles. The van der Waals surface area contributed by atoms with Crippen molar-refractivity contribution in [2.75, 3.05) is 13.2 Å². The van der Waals surface area contributed by atoms with Gasteiger partial charge in [-0.25, -0.2) is 0 Å². The van der Waals surface area contributed by atoms with E-state index in [0.717, 1.165) is 48.6 Å². The summed E-state index contributed by atoms with van der Waals surface area (Å²) in [7, 11) is 0. The molecule has 0 aromatic heterocycles. The SMILES string of the molecule is OCCCCCCNCc1c(O)ccc2ccccc12. The van der Waals surface area contributed by atoms with E-state index in [1.54, 1.807) is 6.07 Å². The fourth-order valence-corrected chi connectivity index (χ4v) is 2.44. The van der Waals surface area contributed by atoms with Crippen LogP contribution >= 0.6 is 0 Å². The van der Waals surface area contributed by atoms with Crippen LogP contribution in [0.4, 0.5) is 0 Å². The van der Waals surface area contributed by atoms with E-state index in [2.05, 4.69) is 11.4 Å². The van der Waals surface area contributed by atoms with Crippen molar-refractivity contribution in [2.45, 2.75) is 32.2 Å². The molecule has 2 aromatic carbocycles. The first-order valence-electron chi connectivity index (χ1n) is 7.34. The number of rotatable bonds is 8. The molecule has 20 heavy (non-hydrogen) atoms. The molecule has 3 nitrogen and oxygen atoms in total. The molecule has 0 saturated carbocycles. The summed E-state index contributed by atoms with van der Waals surface area (Å²) in [5.74, 6) is 0.358. The minimum atomic E-state index is 0.289. The van der Waals surface area contributed by atoms with Crippen molar-refractivity contribution in [1.29, 1.82) is 0 Å². The fourth-order valence-electron chi connectivity index (χ4n) is 2.44. The summed E-state index contributed by atoms with van der Waals surface area (Å²) in [5, 5.41) is 24.4. The maximum Gasteiger partial charge on any atom is 0.120 e. The minimum Gasteiger partial charge on any atom is -0.508 e. The van der Waals surface area contributed by atoms with Gasteiger partial charge >= 0.3 is 0 Å². The zero-order valence-electron chi connectivity index (χ0n) is 11.8. The molecule has 0 heterocycles. The van der Waals surface area contributed by atoms with Crippen molar-refractivity contribution in [2.24, 2.45) is 0 Å². The van der Waals surface area contributed by atoms with Crippen LogP contribution in [0, 0.1) is 0 Å². The summed E-state index contributed by atoms with van der Waals surface area (Å²) in [4.78, 5) is 0. The highest BCUT2D eigenvalue weighted by molar-refractivity contribution is 5.87. The van der Waals surface area contributed by atoms with Gasteiger partial charge in [-0.2, -0.15) is 0 Å². The Balaban J connectivity index is 1.88. The lowest BCUT2D eigenvalue weighted by atomic mass is 10.0. The predicted octanol–water partition coefficient (Wildman–Crippen LogP) is 3.19. The molecule has 0 unspecified atom stereocenters. The lowest BCUT2D eigenvalue weighted by molar-refractivity contribution is 0.282. The Morgan fingerprint density at radius 1 is 0.900 bits per heavy atom. The number of nitrogens with one attached hydrogen (secondary N) is 1. The largest absolute Gasteiger partial charge is 0.508 e. The first-order valence-corrected chi connectivity index (χ1v) is 7.34. The Kier molecular flexibility index (Phi) is 5.84. The molecule has 0 bridgehead atoms. The van der Waals surface area contributed by atoms with E-state index in [1.807, 2.05) is 24.3 Å². The minimum absolute atomic E-state index is 0.289. The van der Waals surface area contributed by atoms with Crippen molar-refractivity contribution >= 4 is 10.8 Å². The second-order valence-corrected chi connectivity index (χ2v) is 5.10. The number of benzene rings is 2. The first-order chi connectivity index (χ1) is 9.83. The van der Waals surface area contributed by atoms with Gasteiger partial charge in [-0.15, -0.1) is 0 Å². The zero-order chi connectivity index (χ0) is 14.2. The van der Waals surface area contributed by atoms with Crippen molar-refractivity contribution in [3.05, 3.63) is 42.0 Å². The molecule has 0 amide bonds. The maximum absolute atomic E-state index is 10.0. The third-order valence-corrected chi connectivity index (χ3v) is 3.58. The average Bonchev–Trinajstić information content (AvgIpc) is 2.48. The second-order valence-electron chi connectivity index (χ2n) is 5.10. The third-order valence-electron chi connectivity index (χ3n) is 3.58. The van der Waals surface area contributed by atoms with Gasteiger partial charge in [0, 0.05) is 18.7 Å². The number of aliphatic hydroxyl groups is 1. The Morgan fingerprint density at radius 3 is 2.55 bits per heavy atom. The van der Waals surface area contributed by atoms with E-state index >= 15 is 0 Å². The van der Waals surface area contributed by atoms with Gasteiger partial charge in [-0.3, -0.25) is 0 Å². The molecule has 108 valence electrons. The Labute approximate surface area is 120 Å². The number of aliphatic hydroxyl groups excluding tert-OH is 1. The lowest BCUT2D eigenvalue weighted by Gasteiger charge is -2.10. The number of hydrogen-bond acceptors (Lipinski definition) is 3. The van der Waals surface area contributed by atoms with Crippen molar-refractivity contribution < 1.29 is 10.2 Å². The highest BCUT2D eigenvalue weighted by Gasteiger charge is 2.05. The molecular formula is C17H23NO2. The van der Waals surface area contributed by atoms with E-state index in [1.165, 1.54) is 0 Å². The van der Waals surface area contributed by atoms with Gasteiger partial charge in [-0.1, -0.05) is 43.2 Å². The van der Waals surface area contributed by atoms with Gasteiger partial charge in [0.25, 0.3) is 0 Å². The van der Waals surface area contributed by atoms with Crippen LogP contribution < -0.4 is 5.32 Å². The summed E-state index contributed by atoms with van der Waals surface area (Å²) in [6, 6.07) is 11.8. The normalized spacial score (nSPS) is 11.1. The molecule has 0 aliphatic rings. The smallest absolute Gasteiger partial charge is 0.120 e. The van der Waals surface area contributed by atoms with Crippen LogP contribution in [0.5, 0.6) is 5.75 Å². The molecule has 3 N–H and O–H groups in total. The number of fused-ring (bicyclic) bond motifs is 1. The van der Waals surface area contributed by atoms with E-state index < -0.39 is 0 Å². The van der Waals surface area contributed by atoms with Crippen LogP contribution in [0.3, 0.4) is 0 Å². The standard InChI is InChI=1S/C17H23NO2/c19-12-6-2-1-5-11-18-13-16-15-8-4-3-7-14(15)9-10-17(16)20/h3-4,7-10,18-20H,1-2,5-6,11-13H2. The quantitative estimate of drug-likeness (QED) is 0.647. The summed E-state index contributed by atoms with van der Waals surface area (Å²) < 4.78 is 0. The van der Waals surface area contributed by atoms with Gasteiger partial charge in [0.05, 0.1) is 0 Å². The third kappa shape index (κ3) is 3.95. The molecule has 3 heteroatoms. The number of hydrogen-bond donors (Lipinski definition) is 3. The van der Waals surface area contributed by atoms with Crippen LogP contribution in [-0.2, 0) is 6.54 Å². The molecule has 0 radical (unpaired) electrons. The topological polar surface area (TPSA) is 52.5 Å². The van der Waals surface area contributed by atoms with Crippen LogP contribution in [0.1, 0.15) is 31.2 Å². The van der Waals surface area contributed by atoms with Gasteiger partial charge in [0.1, 0.15) is 5.75 Å². The Bertz CT molecular complexity index is 540. The Hall–Kier alpha value is -1.58. The molecule has 2 aromatic rings. The zero-order valence-corrected chi connectivity index (χ0v) is 11.8. The van der Waals surface area contributed by atoms with Gasteiger partial charge < -0.3 is 15.5 Å². The van der Waals surface area contributed by atoms with Gasteiger partial charge in [0.2, 0.25) is 0 Å². The van der Waals surface area contributed by atoms with Gasteiger partial charge in [0.15, 0.2) is 0 Å². The Morgan fingerprint density at radius 2 is 1.70 bits per heavy atom. The maximum atomic E-state index is 10.0. The van der Waals surface area contributed by atoms with Crippen LogP contribution in [0.2, 0.25) is 0 Å². The van der Waals surface area contributed by atoms with Crippen LogP contribution in [-0.4, -0.2) is 23.4 Å². The summed E-state index contributed by atoms with van der Waals surface area (Å²) in [5.41, 5.74) is 0.971. The van der Waals surface area contributed by atoms with E-state index in [4.69, 9.17) is 5.11 Å². The molecule has 0 saturated heterocycles. The van der Waals surface area contributed by atoms with Crippen LogP contribution in [0.25, 0.3) is 10.8 Å². The molecule has 0 fully saturated rings. The fraction of sp³-hybridized carbons (Fsp3) is 0.412. The van der Waals surface area contributed by atoms with Crippen LogP contribution in [0.15, 0.2) is 36.4 Å². The number of unbranched alkanes of at least 4 members (excludes halogenated alkanes) is 3. The highest BCUT2D eigenvalue weighted by Crippen LogP contribution is 2.26. The first kappa shape index (κ1) is 14.8. The molecule has 0 atom stereocenters. The van der Waals surface area contributed by atoms with E-state index in [9.17, 15) is 5.11 Å². The second kappa shape index (κ2) is 7.88.